The van der Waals surface area contributed by atoms with E-state index in [9.17, 15) is 10.2 Å². The van der Waals surface area contributed by atoms with Crippen LogP contribution in [-0.2, 0) is 0 Å². The average Bonchev–Trinajstić information content (AvgIpc) is 3.36. The number of aliphatic hydroxyl groups excluding tert-OH is 2. The van der Waals surface area contributed by atoms with Crippen LogP contribution in [0.15, 0.2) is 48.5 Å². The first kappa shape index (κ1) is 22.9. The van der Waals surface area contributed by atoms with Gasteiger partial charge >= 0.3 is 0 Å². The molecule has 166 valence electrons. The van der Waals surface area contributed by atoms with Crippen molar-refractivity contribution in [3.8, 4) is 9.75 Å². The maximum absolute atomic E-state index is 11.1. The van der Waals surface area contributed by atoms with Gasteiger partial charge in [-0.3, -0.25) is 0 Å². The lowest BCUT2D eigenvalue weighted by Crippen LogP contribution is -2.03. The third-order valence-corrected chi connectivity index (χ3v) is 8.53. The summed E-state index contributed by atoms with van der Waals surface area (Å²) in [4.78, 5) is 4.11. The SMILES string of the molecule is Cc1cc(C)c(C(O)c2ccc(-c3ccc(C(O)c4c(C)cc(C)cc4C)s3)s2)c(C)c1. The Morgan fingerprint density at radius 2 is 0.844 bits per heavy atom. The maximum Gasteiger partial charge on any atom is 0.114 e. The van der Waals surface area contributed by atoms with Crippen LogP contribution in [0.5, 0.6) is 0 Å². The van der Waals surface area contributed by atoms with Gasteiger partial charge in [-0.1, -0.05) is 35.4 Å². The average molecular weight is 463 g/mol. The molecule has 2 aromatic carbocycles. The molecule has 4 aromatic rings. The highest BCUT2D eigenvalue weighted by Gasteiger charge is 2.21. The summed E-state index contributed by atoms with van der Waals surface area (Å²) in [6.45, 7) is 12.4. The summed E-state index contributed by atoms with van der Waals surface area (Å²) in [6.07, 6.45) is -1.26. The fourth-order valence-corrected chi connectivity index (χ4v) is 6.89. The van der Waals surface area contributed by atoms with Gasteiger partial charge in [-0.15, -0.1) is 22.7 Å². The first-order valence-electron chi connectivity index (χ1n) is 10.9. The van der Waals surface area contributed by atoms with Crippen LogP contribution in [0.3, 0.4) is 0 Å². The lowest BCUT2D eigenvalue weighted by atomic mass is 9.95. The summed E-state index contributed by atoms with van der Waals surface area (Å²) in [5.41, 5.74) is 8.91. The summed E-state index contributed by atoms with van der Waals surface area (Å²) in [5, 5.41) is 22.2. The normalized spacial score (nSPS) is 13.4. The van der Waals surface area contributed by atoms with E-state index in [1.165, 1.54) is 11.1 Å². The highest BCUT2D eigenvalue weighted by molar-refractivity contribution is 7.22. The van der Waals surface area contributed by atoms with E-state index in [4.69, 9.17) is 0 Å². The molecule has 2 N–H and O–H groups in total. The van der Waals surface area contributed by atoms with Crippen LogP contribution in [0.1, 0.15) is 66.5 Å². The molecule has 0 aliphatic heterocycles. The van der Waals surface area contributed by atoms with Crippen molar-refractivity contribution in [1.29, 1.82) is 0 Å². The molecule has 0 spiro atoms. The standard InChI is InChI=1S/C28H30O2S2/c1-15-11-17(3)25(18(4)12-15)27(29)23-9-7-21(31-23)22-8-10-24(32-22)28(30)26-19(5)13-16(2)14-20(26)6/h7-14,27-30H,1-6H3. The quantitative estimate of drug-likeness (QED) is 0.322. The van der Waals surface area contributed by atoms with E-state index in [2.05, 4.69) is 77.9 Å². The Morgan fingerprint density at radius 1 is 0.531 bits per heavy atom. The summed E-state index contributed by atoms with van der Waals surface area (Å²) < 4.78 is 0. The Morgan fingerprint density at radius 3 is 1.16 bits per heavy atom. The zero-order valence-electron chi connectivity index (χ0n) is 19.5. The van der Waals surface area contributed by atoms with Crippen molar-refractivity contribution >= 4 is 22.7 Å². The zero-order valence-corrected chi connectivity index (χ0v) is 21.1. The second-order valence-electron chi connectivity index (χ2n) is 8.83. The molecule has 0 radical (unpaired) electrons. The van der Waals surface area contributed by atoms with E-state index >= 15 is 0 Å². The second-order valence-corrected chi connectivity index (χ2v) is 11.1. The molecular formula is C28H30O2S2. The van der Waals surface area contributed by atoms with E-state index < -0.39 is 12.2 Å². The zero-order chi connectivity index (χ0) is 23.2. The summed E-state index contributed by atoms with van der Waals surface area (Å²) in [5.74, 6) is 0. The maximum atomic E-state index is 11.1. The minimum Gasteiger partial charge on any atom is -0.383 e. The van der Waals surface area contributed by atoms with Crippen LogP contribution in [-0.4, -0.2) is 10.2 Å². The van der Waals surface area contributed by atoms with Crippen molar-refractivity contribution in [2.24, 2.45) is 0 Å². The predicted molar refractivity (Wildman–Crippen MR) is 137 cm³/mol. The third-order valence-electron chi connectivity index (χ3n) is 6.06. The van der Waals surface area contributed by atoms with E-state index in [0.717, 1.165) is 52.9 Å². The summed E-state index contributed by atoms with van der Waals surface area (Å²) >= 11 is 3.24. The highest BCUT2D eigenvalue weighted by atomic mass is 32.1. The smallest absolute Gasteiger partial charge is 0.114 e. The van der Waals surface area contributed by atoms with Gasteiger partial charge in [0.05, 0.1) is 0 Å². The molecule has 4 heteroatoms. The lowest BCUT2D eigenvalue weighted by Gasteiger charge is -2.16. The Balaban J connectivity index is 1.62. The van der Waals surface area contributed by atoms with Gasteiger partial charge in [0.1, 0.15) is 12.2 Å². The summed E-state index contributed by atoms with van der Waals surface area (Å²) in [7, 11) is 0. The molecule has 0 saturated carbocycles. The molecule has 2 aromatic heterocycles. The number of thiophene rings is 2. The van der Waals surface area contributed by atoms with E-state index in [1.54, 1.807) is 22.7 Å². The van der Waals surface area contributed by atoms with Crippen molar-refractivity contribution in [3.05, 3.63) is 103 Å². The van der Waals surface area contributed by atoms with Crippen LogP contribution in [0.2, 0.25) is 0 Å². The fourth-order valence-electron chi connectivity index (χ4n) is 4.79. The highest BCUT2D eigenvalue weighted by Crippen LogP contribution is 2.41. The van der Waals surface area contributed by atoms with Crippen LogP contribution >= 0.6 is 22.7 Å². The van der Waals surface area contributed by atoms with Gasteiger partial charge in [0.15, 0.2) is 0 Å². The van der Waals surface area contributed by atoms with Gasteiger partial charge in [-0.05, 0) is 99.2 Å². The molecule has 0 aliphatic carbocycles. The van der Waals surface area contributed by atoms with Crippen molar-refractivity contribution in [2.75, 3.05) is 0 Å². The van der Waals surface area contributed by atoms with E-state index in [0.29, 0.717) is 0 Å². The number of aliphatic hydroxyl groups is 2. The minimum absolute atomic E-state index is 0.628. The van der Waals surface area contributed by atoms with Gasteiger partial charge in [0, 0.05) is 19.5 Å². The third kappa shape index (κ3) is 4.33. The van der Waals surface area contributed by atoms with Gasteiger partial charge in [-0.25, -0.2) is 0 Å². The Hall–Kier alpha value is -2.24. The molecule has 32 heavy (non-hydrogen) atoms. The van der Waals surface area contributed by atoms with Crippen LogP contribution in [0.4, 0.5) is 0 Å². The molecule has 0 aliphatic rings. The van der Waals surface area contributed by atoms with Crippen molar-refractivity contribution in [1.82, 2.24) is 0 Å². The molecular weight excluding hydrogens is 432 g/mol. The minimum atomic E-state index is -0.628. The monoisotopic (exact) mass is 462 g/mol. The van der Waals surface area contributed by atoms with Gasteiger partial charge < -0.3 is 10.2 Å². The molecule has 0 saturated heterocycles. The van der Waals surface area contributed by atoms with Crippen LogP contribution in [0.25, 0.3) is 9.75 Å². The molecule has 2 nitrogen and oxygen atoms in total. The van der Waals surface area contributed by atoms with Crippen LogP contribution in [0, 0.1) is 41.5 Å². The van der Waals surface area contributed by atoms with Gasteiger partial charge in [-0.2, -0.15) is 0 Å². The molecule has 2 atom stereocenters. The van der Waals surface area contributed by atoms with Crippen molar-refractivity contribution in [3.63, 3.8) is 0 Å². The second kappa shape index (κ2) is 8.95. The first-order chi connectivity index (χ1) is 15.2. The fraction of sp³-hybridized carbons (Fsp3) is 0.286. The molecule has 2 heterocycles. The summed E-state index contributed by atoms with van der Waals surface area (Å²) in [6, 6.07) is 16.7. The number of hydrogen-bond acceptors (Lipinski definition) is 4. The largest absolute Gasteiger partial charge is 0.383 e. The Labute approximate surface area is 198 Å². The number of rotatable bonds is 5. The molecule has 0 amide bonds. The van der Waals surface area contributed by atoms with E-state index in [-0.39, 0.29) is 0 Å². The molecule has 0 bridgehead atoms. The van der Waals surface area contributed by atoms with Crippen LogP contribution < -0.4 is 0 Å². The van der Waals surface area contributed by atoms with Gasteiger partial charge in [0.2, 0.25) is 0 Å². The van der Waals surface area contributed by atoms with Crippen molar-refractivity contribution < 1.29 is 10.2 Å². The Kier molecular flexibility index (Phi) is 6.42. The molecule has 4 rings (SSSR count). The number of benzene rings is 2. The lowest BCUT2D eigenvalue weighted by molar-refractivity contribution is 0.222. The predicted octanol–water partition coefficient (Wildman–Crippen LogP) is 7.49. The first-order valence-corrected chi connectivity index (χ1v) is 12.5. The number of hydrogen-bond donors (Lipinski definition) is 2. The Bertz CT molecular complexity index is 1130. The number of aryl methyl sites for hydroxylation is 6. The van der Waals surface area contributed by atoms with Crippen molar-refractivity contribution in [2.45, 2.75) is 53.8 Å². The van der Waals surface area contributed by atoms with E-state index in [1.807, 2.05) is 12.1 Å². The molecule has 2 unspecified atom stereocenters. The topological polar surface area (TPSA) is 40.5 Å². The molecule has 0 fully saturated rings. The van der Waals surface area contributed by atoms with Gasteiger partial charge in [0.25, 0.3) is 0 Å².